The van der Waals surface area contributed by atoms with Crippen molar-refractivity contribution in [2.24, 2.45) is 11.8 Å². The first-order valence-electron chi connectivity index (χ1n) is 6.99. The molecule has 1 aromatic carbocycles. The Bertz CT molecular complexity index is 559. The van der Waals surface area contributed by atoms with Gasteiger partial charge in [-0.2, -0.15) is 0 Å². The van der Waals surface area contributed by atoms with E-state index in [1.165, 1.54) is 0 Å². The standard InChI is InChI=1S/C15H16N2O3/c18-14-10-6-17-7-12(9-4-2-1-3-5-9)20-8-11(17)13(10)15(19)16-14/h1-5,10-13H,6-8H2,(H,16,18,19)/t10-,11+,12-,13-/m0/s1. The highest BCUT2D eigenvalue weighted by molar-refractivity contribution is 6.06. The number of morpholine rings is 1. The van der Waals surface area contributed by atoms with E-state index < -0.39 is 0 Å². The second-order valence-electron chi connectivity index (χ2n) is 5.74. The summed E-state index contributed by atoms with van der Waals surface area (Å²) in [4.78, 5) is 25.9. The SMILES string of the molecule is O=C1NC(=O)[C@H]2CN3C[C@@H](c4ccccc4)OC[C@@H]3[C@@H]12. The van der Waals surface area contributed by atoms with E-state index in [9.17, 15) is 9.59 Å². The van der Waals surface area contributed by atoms with Crippen molar-refractivity contribution >= 4 is 11.8 Å². The molecule has 0 saturated carbocycles. The largest absolute Gasteiger partial charge is 0.371 e. The van der Waals surface area contributed by atoms with Crippen molar-refractivity contribution in [2.75, 3.05) is 19.7 Å². The van der Waals surface area contributed by atoms with Crippen LogP contribution in [0.15, 0.2) is 30.3 Å². The maximum Gasteiger partial charge on any atom is 0.232 e. The Morgan fingerprint density at radius 1 is 1.10 bits per heavy atom. The number of ether oxygens (including phenoxy) is 1. The van der Waals surface area contributed by atoms with Crippen LogP contribution >= 0.6 is 0 Å². The van der Waals surface area contributed by atoms with Gasteiger partial charge in [0.2, 0.25) is 11.8 Å². The van der Waals surface area contributed by atoms with Gasteiger partial charge in [-0.1, -0.05) is 30.3 Å². The quantitative estimate of drug-likeness (QED) is 0.749. The molecule has 1 aromatic rings. The molecule has 0 bridgehead atoms. The Morgan fingerprint density at radius 2 is 1.90 bits per heavy atom. The third-order valence-electron chi connectivity index (χ3n) is 4.67. The molecule has 4 atom stereocenters. The van der Waals surface area contributed by atoms with Gasteiger partial charge in [-0.3, -0.25) is 19.8 Å². The fourth-order valence-corrected chi connectivity index (χ4v) is 3.67. The van der Waals surface area contributed by atoms with Crippen molar-refractivity contribution in [1.82, 2.24) is 10.2 Å². The zero-order chi connectivity index (χ0) is 13.7. The third kappa shape index (κ3) is 1.70. The molecule has 0 radical (unpaired) electrons. The lowest BCUT2D eigenvalue weighted by molar-refractivity contribution is -0.129. The molecular formula is C15H16N2O3. The molecule has 3 heterocycles. The van der Waals surface area contributed by atoms with Gasteiger partial charge in [0, 0.05) is 19.1 Å². The van der Waals surface area contributed by atoms with E-state index in [0.29, 0.717) is 13.2 Å². The monoisotopic (exact) mass is 272 g/mol. The van der Waals surface area contributed by atoms with Crippen LogP contribution in [-0.2, 0) is 14.3 Å². The number of hydrogen-bond acceptors (Lipinski definition) is 4. The number of nitrogens with zero attached hydrogens (tertiary/aromatic N) is 1. The van der Waals surface area contributed by atoms with E-state index >= 15 is 0 Å². The number of imide groups is 1. The maximum absolute atomic E-state index is 11.9. The van der Waals surface area contributed by atoms with Gasteiger partial charge in [0.15, 0.2) is 0 Å². The number of carbonyl (C=O) groups excluding carboxylic acids is 2. The van der Waals surface area contributed by atoms with Gasteiger partial charge in [0.25, 0.3) is 0 Å². The first kappa shape index (κ1) is 12.1. The Hall–Kier alpha value is -1.72. The average molecular weight is 272 g/mol. The highest BCUT2D eigenvalue weighted by atomic mass is 16.5. The molecule has 2 amide bonds. The first-order valence-corrected chi connectivity index (χ1v) is 6.99. The van der Waals surface area contributed by atoms with Gasteiger partial charge >= 0.3 is 0 Å². The third-order valence-corrected chi connectivity index (χ3v) is 4.67. The Kier molecular flexibility index (Phi) is 2.65. The van der Waals surface area contributed by atoms with Crippen molar-refractivity contribution in [3.05, 3.63) is 35.9 Å². The second-order valence-corrected chi connectivity index (χ2v) is 5.74. The number of carbonyl (C=O) groups is 2. The van der Waals surface area contributed by atoms with Crippen LogP contribution in [0.2, 0.25) is 0 Å². The summed E-state index contributed by atoms with van der Waals surface area (Å²) in [6.45, 7) is 1.93. The fourth-order valence-electron chi connectivity index (χ4n) is 3.67. The van der Waals surface area contributed by atoms with E-state index in [-0.39, 0.29) is 35.8 Å². The Morgan fingerprint density at radius 3 is 2.70 bits per heavy atom. The van der Waals surface area contributed by atoms with E-state index in [2.05, 4.69) is 22.3 Å². The Balaban J connectivity index is 1.55. The predicted molar refractivity (Wildman–Crippen MR) is 70.6 cm³/mol. The van der Waals surface area contributed by atoms with E-state index in [1.807, 2.05) is 18.2 Å². The summed E-state index contributed by atoms with van der Waals surface area (Å²) in [6, 6.07) is 10.1. The summed E-state index contributed by atoms with van der Waals surface area (Å²) in [5.41, 5.74) is 1.15. The average Bonchev–Trinajstić information content (AvgIpc) is 2.98. The minimum absolute atomic E-state index is 0.0319. The number of amides is 2. The van der Waals surface area contributed by atoms with Crippen molar-refractivity contribution in [3.63, 3.8) is 0 Å². The fraction of sp³-hybridized carbons (Fsp3) is 0.467. The van der Waals surface area contributed by atoms with Gasteiger partial charge in [0.1, 0.15) is 0 Å². The van der Waals surface area contributed by atoms with E-state index in [1.54, 1.807) is 0 Å². The van der Waals surface area contributed by atoms with Crippen LogP contribution in [-0.4, -0.2) is 42.5 Å². The molecule has 0 unspecified atom stereocenters. The van der Waals surface area contributed by atoms with Crippen LogP contribution in [0.25, 0.3) is 0 Å². The molecular weight excluding hydrogens is 256 g/mol. The molecule has 1 N–H and O–H groups in total. The topological polar surface area (TPSA) is 58.6 Å². The van der Waals surface area contributed by atoms with Crippen molar-refractivity contribution < 1.29 is 14.3 Å². The maximum atomic E-state index is 11.9. The van der Waals surface area contributed by atoms with Crippen molar-refractivity contribution in [3.8, 4) is 0 Å². The summed E-state index contributed by atoms with van der Waals surface area (Å²) in [7, 11) is 0. The Labute approximate surface area is 116 Å². The van der Waals surface area contributed by atoms with Crippen molar-refractivity contribution in [2.45, 2.75) is 12.1 Å². The second kappa shape index (κ2) is 4.40. The van der Waals surface area contributed by atoms with Crippen LogP contribution in [0.4, 0.5) is 0 Å². The molecule has 3 saturated heterocycles. The van der Waals surface area contributed by atoms with Crippen LogP contribution in [0.1, 0.15) is 11.7 Å². The number of rotatable bonds is 1. The molecule has 4 rings (SSSR count). The van der Waals surface area contributed by atoms with Crippen LogP contribution in [0.3, 0.4) is 0 Å². The number of nitrogens with one attached hydrogen (secondary N) is 1. The summed E-state index contributed by atoms with van der Waals surface area (Å²) in [5, 5.41) is 2.43. The predicted octanol–water partition coefficient (Wildman–Crippen LogP) is 0.331. The highest BCUT2D eigenvalue weighted by Gasteiger charge is 2.55. The molecule has 20 heavy (non-hydrogen) atoms. The van der Waals surface area contributed by atoms with Crippen molar-refractivity contribution in [1.29, 1.82) is 0 Å². The molecule has 0 aromatic heterocycles. The van der Waals surface area contributed by atoms with Gasteiger partial charge in [-0.15, -0.1) is 0 Å². The molecule has 3 fully saturated rings. The minimum Gasteiger partial charge on any atom is -0.371 e. The first-order chi connectivity index (χ1) is 9.74. The molecule has 0 spiro atoms. The molecule has 3 aliphatic heterocycles. The summed E-state index contributed by atoms with van der Waals surface area (Å²) in [6.07, 6.45) is 0.0319. The zero-order valence-electron chi connectivity index (χ0n) is 11.0. The molecule has 5 nitrogen and oxygen atoms in total. The highest BCUT2D eigenvalue weighted by Crippen LogP contribution is 2.39. The molecule has 5 heteroatoms. The van der Waals surface area contributed by atoms with Gasteiger partial charge in [-0.25, -0.2) is 0 Å². The number of benzene rings is 1. The minimum atomic E-state index is -0.223. The summed E-state index contributed by atoms with van der Waals surface area (Å²) in [5.74, 6) is -0.662. The van der Waals surface area contributed by atoms with Gasteiger partial charge in [0.05, 0.1) is 24.5 Å². The number of hydrogen-bond donors (Lipinski definition) is 1. The lowest BCUT2D eigenvalue weighted by Crippen LogP contribution is -2.47. The van der Waals surface area contributed by atoms with Gasteiger partial charge < -0.3 is 4.74 Å². The zero-order valence-corrected chi connectivity index (χ0v) is 11.0. The van der Waals surface area contributed by atoms with Crippen LogP contribution in [0.5, 0.6) is 0 Å². The van der Waals surface area contributed by atoms with E-state index in [4.69, 9.17) is 4.74 Å². The smallest absolute Gasteiger partial charge is 0.232 e. The summed E-state index contributed by atoms with van der Waals surface area (Å²) < 4.78 is 5.94. The molecule has 3 aliphatic rings. The molecule has 0 aliphatic carbocycles. The normalized spacial score (nSPS) is 36.6. The number of fused-ring (bicyclic) bond motifs is 3. The lowest BCUT2D eigenvalue weighted by Gasteiger charge is -2.36. The van der Waals surface area contributed by atoms with E-state index in [0.717, 1.165) is 12.1 Å². The van der Waals surface area contributed by atoms with Crippen LogP contribution in [0, 0.1) is 11.8 Å². The van der Waals surface area contributed by atoms with Crippen LogP contribution < -0.4 is 5.32 Å². The van der Waals surface area contributed by atoms with Gasteiger partial charge in [-0.05, 0) is 5.56 Å². The summed E-state index contributed by atoms with van der Waals surface area (Å²) >= 11 is 0. The lowest BCUT2D eigenvalue weighted by atomic mass is 9.93. The molecule has 104 valence electrons.